The average molecular weight is 422 g/mol. The van der Waals surface area contributed by atoms with Crippen molar-refractivity contribution >= 4 is 5.97 Å². The van der Waals surface area contributed by atoms with Crippen molar-refractivity contribution in [3.63, 3.8) is 0 Å². The Balaban J connectivity index is 1.68. The molecule has 3 aromatic rings. The summed E-state index contributed by atoms with van der Waals surface area (Å²) in [4.78, 5) is 16.4. The molecule has 0 aliphatic carbocycles. The van der Waals surface area contributed by atoms with E-state index in [-0.39, 0.29) is 17.7 Å². The van der Waals surface area contributed by atoms with Crippen molar-refractivity contribution in [1.29, 1.82) is 0 Å². The summed E-state index contributed by atoms with van der Waals surface area (Å²) in [5.41, 5.74) is 3.60. The Kier molecular flexibility index (Phi) is 8.16. The first kappa shape index (κ1) is 22.5. The minimum absolute atomic E-state index is 0.107. The van der Waals surface area contributed by atoms with Gasteiger partial charge in [-0.3, -0.25) is 4.79 Å². The van der Waals surface area contributed by atoms with Crippen LogP contribution in [0.5, 0.6) is 5.88 Å². The lowest BCUT2D eigenvalue weighted by Gasteiger charge is -2.12. The molecule has 5 heteroatoms. The van der Waals surface area contributed by atoms with Crippen LogP contribution >= 0.6 is 0 Å². The Labute approximate surface area is 183 Å². The maximum atomic E-state index is 13.3. The van der Waals surface area contributed by atoms with Gasteiger partial charge in [-0.15, -0.1) is 0 Å². The number of rotatable bonds is 10. The summed E-state index contributed by atoms with van der Waals surface area (Å²) in [6, 6.07) is 20.1. The van der Waals surface area contributed by atoms with E-state index < -0.39 is 0 Å². The second kappa shape index (κ2) is 11.3. The van der Waals surface area contributed by atoms with Gasteiger partial charge in [-0.05, 0) is 55.5 Å². The second-order valence-electron chi connectivity index (χ2n) is 7.45. The van der Waals surface area contributed by atoms with E-state index in [9.17, 15) is 9.18 Å². The van der Waals surface area contributed by atoms with Crippen LogP contribution in [-0.4, -0.2) is 24.2 Å². The molecular formula is C26H28FNO3. The third-order valence-electron chi connectivity index (χ3n) is 5.02. The molecular weight excluding hydrogens is 393 g/mol. The van der Waals surface area contributed by atoms with Crippen LogP contribution in [0, 0.1) is 11.7 Å². The van der Waals surface area contributed by atoms with Crippen LogP contribution in [0.15, 0.2) is 66.7 Å². The van der Waals surface area contributed by atoms with Gasteiger partial charge in [0.1, 0.15) is 5.82 Å². The number of pyridine rings is 1. The Hall–Kier alpha value is -3.21. The fourth-order valence-electron chi connectivity index (χ4n) is 3.28. The number of benzene rings is 2. The van der Waals surface area contributed by atoms with Gasteiger partial charge in [-0.2, -0.15) is 0 Å². The predicted molar refractivity (Wildman–Crippen MR) is 120 cm³/mol. The molecule has 0 saturated carbocycles. The van der Waals surface area contributed by atoms with E-state index in [4.69, 9.17) is 9.47 Å². The highest BCUT2D eigenvalue weighted by Gasteiger charge is 2.13. The lowest BCUT2D eigenvalue weighted by Crippen LogP contribution is -2.14. The number of halogens is 1. The van der Waals surface area contributed by atoms with Crippen molar-refractivity contribution in [3.8, 4) is 28.3 Å². The third-order valence-corrected chi connectivity index (χ3v) is 5.02. The molecule has 1 heterocycles. The normalized spacial score (nSPS) is 11.7. The number of carbonyl (C=O) groups is 1. The minimum Gasteiger partial charge on any atom is -0.478 e. The lowest BCUT2D eigenvalue weighted by atomic mass is 10.0. The first-order valence-electron chi connectivity index (χ1n) is 10.7. The summed E-state index contributed by atoms with van der Waals surface area (Å²) in [5.74, 6) is 0.00266. The van der Waals surface area contributed by atoms with Gasteiger partial charge in [0.05, 0.1) is 24.8 Å². The van der Waals surface area contributed by atoms with Gasteiger partial charge in [0.2, 0.25) is 5.88 Å². The molecule has 0 fully saturated rings. The predicted octanol–water partition coefficient (Wildman–Crippen LogP) is 6.30. The zero-order valence-corrected chi connectivity index (χ0v) is 18.0. The van der Waals surface area contributed by atoms with Crippen molar-refractivity contribution in [2.75, 3.05) is 13.2 Å². The molecule has 4 nitrogen and oxygen atoms in total. The number of ether oxygens (including phenoxy) is 2. The van der Waals surface area contributed by atoms with Crippen molar-refractivity contribution < 1.29 is 18.7 Å². The summed E-state index contributed by atoms with van der Waals surface area (Å²) in [6.07, 6.45) is 2.44. The van der Waals surface area contributed by atoms with Gasteiger partial charge >= 0.3 is 5.97 Å². The minimum atomic E-state index is -0.269. The Morgan fingerprint density at radius 2 is 1.71 bits per heavy atom. The van der Waals surface area contributed by atoms with Crippen LogP contribution in [0.3, 0.4) is 0 Å². The van der Waals surface area contributed by atoms with Gasteiger partial charge in [0.25, 0.3) is 0 Å². The molecule has 2 aromatic carbocycles. The molecule has 0 amide bonds. The first-order valence-corrected chi connectivity index (χ1v) is 10.7. The smallest absolute Gasteiger partial charge is 0.308 e. The maximum Gasteiger partial charge on any atom is 0.308 e. The topological polar surface area (TPSA) is 48.4 Å². The average Bonchev–Trinajstić information content (AvgIpc) is 2.79. The Morgan fingerprint density at radius 1 is 0.968 bits per heavy atom. The summed E-state index contributed by atoms with van der Waals surface area (Å²) in [7, 11) is 0. The van der Waals surface area contributed by atoms with E-state index >= 15 is 0 Å². The molecule has 162 valence electrons. The maximum absolute atomic E-state index is 13.3. The first-order chi connectivity index (χ1) is 15.1. The van der Waals surface area contributed by atoms with Crippen molar-refractivity contribution in [2.45, 2.75) is 33.1 Å². The van der Waals surface area contributed by atoms with Crippen molar-refractivity contribution in [1.82, 2.24) is 4.98 Å². The molecule has 0 aliphatic heterocycles. The van der Waals surface area contributed by atoms with Crippen LogP contribution in [0.4, 0.5) is 4.39 Å². The van der Waals surface area contributed by atoms with Gasteiger partial charge in [0.15, 0.2) is 0 Å². The highest BCUT2D eigenvalue weighted by Crippen LogP contribution is 2.29. The Morgan fingerprint density at radius 3 is 2.42 bits per heavy atom. The van der Waals surface area contributed by atoms with Crippen LogP contribution in [0.2, 0.25) is 0 Å². The molecule has 1 aromatic heterocycles. The van der Waals surface area contributed by atoms with Crippen LogP contribution in [0.1, 0.15) is 33.1 Å². The van der Waals surface area contributed by atoms with E-state index in [1.165, 1.54) is 12.1 Å². The van der Waals surface area contributed by atoms with Gasteiger partial charge in [-0.25, -0.2) is 9.37 Å². The molecule has 1 atom stereocenters. The number of hydrogen-bond acceptors (Lipinski definition) is 4. The van der Waals surface area contributed by atoms with Crippen LogP contribution < -0.4 is 4.74 Å². The number of esters is 1. The largest absolute Gasteiger partial charge is 0.478 e. The van der Waals surface area contributed by atoms with E-state index in [0.717, 1.165) is 41.6 Å². The molecule has 0 spiro atoms. The zero-order chi connectivity index (χ0) is 22.1. The fourth-order valence-corrected chi connectivity index (χ4v) is 3.28. The van der Waals surface area contributed by atoms with E-state index in [1.807, 2.05) is 56.3 Å². The molecule has 0 aliphatic rings. The molecule has 3 rings (SSSR count). The van der Waals surface area contributed by atoms with Gasteiger partial charge in [-0.1, -0.05) is 49.4 Å². The fraction of sp³-hybridized carbons (Fsp3) is 0.308. The molecule has 0 saturated heterocycles. The number of nitrogens with zero attached hydrogens (tertiary/aromatic N) is 1. The van der Waals surface area contributed by atoms with Crippen LogP contribution in [-0.2, 0) is 9.53 Å². The summed E-state index contributed by atoms with van der Waals surface area (Å²) in [6.45, 7) is 4.61. The van der Waals surface area contributed by atoms with Crippen molar-refractivity contribution in [2.24, 2.45) is 5.92 Å². The SMILES string of the molecule is CCOC(=O)C(C)CCCCOc1cc(-c2ccc(F)cc2)cc(-c2ccccc2)n1. The van der Waals surface area contributed by atoms with E-state index in [1.54, 1.807) is 12.1 Å². The summed E-state index contributed by atoms with van der Waals surface area (Å²) in [5, 5.41) is 0. The Bertz CT molecular complexity index is 974. The van der Waals surface area contributed by atoms with Gasteiger partial charge < -0.3 is 9.47 Å². The highest BCUT2D eigenvalue weighted by molar-refractivity contribution is 5.72. The monoisotopic (exact) mass is 421 g/mol. The molecule has 0 bridgehead atoms. The van der Waals surface area contributed by atoms with Gasteiger partial charge in [0, 0.05) is 11.6 Å². The quantitative estimate of drug-likeness (QED) is 0.285. The highest BCUT2D eigenvalue weighted by atomic mass is 19.1. The zero-order valence-electron chi connectivity index (χ0n) is 18.0. The number of hydrogen-bond donors (Lipinski definition) is 0. The van der Waals surface area contributed by atoms with Crippen LogP contribution in [0.25, 0.3) is 22.4 Å². The van der Waals surface area contributed by atoms with E-state index in [2.05, 4.69) is 4.98 Å². The third kappa shape index (κ3) is 6.64. The standard InChI is InChI=1S/C26H28FNO3/c1-3-30-26(29)19(2)9-7-8-16-31-25-18-22(20-12-14-23(27)15-13-20)17-24(28-25)21-10-5-4-6-11-21/h4-6,10-15,17-19H,3,7-9,16H2,1-2H3. The number of aromatic nitrogens is 1. The lowest BCUT2D eigenvalue weighted by molar-refractivity contribution is -0.147. The summed E-state index contributed by atoms with van der Waals surface area (Å²) >= 11 is 0. The number of carbonyl (C=O) groups excluding carboxylic acids is 1. The number of unbranched alkanes of at least 4 members (excludes halogenated alkanes) is 1. The molecule has 1 unspecified atom stereocenters. The summed E-state index contributed by atoms with van der Waals surface area (Å²) < 4.78 is 24.3. The molecule has 0 N–H and O–H groups in total. The molecule has 0 radical (unpaired) electrons. The molecule has 31 heavy (non-hydrogen) atoms. The van der Waals surface area contributed by atoms with E-state index in [0.29, 0.717) is 19.1 Å². The second-order valence-corrected chi connectivity index (χ2v) is 7.45. The van der Waals surface area contributed by atoms with Crippen molar-refractivity contribution in [3.05, 3.63) is 72.5 Å².